The Morgan fingerprint density at radius 3 is 2.50 bits per heavy atom. The highest BCUT2D eigenvalue weighted by molar-refractivity contribution is 5.89. The zero-order valence-electron chi connectivity index (χ0n) is 14.5. The monoisotopic (exact) mass is 323 g/mol. The Kier molecular flexibility index (Phi) is 5.04. The highest BCUT2D eigenvalue weighted by Crippen LogP contribution is 2.22. The molecule has 0 unspecified atom stereocenters. The summed E-state index contributed by atoms with van der Waals surface area (Å²) in [5, 5.41) is 3.00. The summed E-state index contributed by atoms with van der Waals surface area (Å²) in [5.41, 5.74) is 4.68. The first-order chi connectivity index (χ1) is 11.7. The second-order valence-electron chi connectivity index (χ2n) is 6.26. The van der Waals surface area contributed by atoms with Gasteiger partial charge in [-0.2, -0.15) is 0 Å². The molecule has 1 saturated heterocycles. The van der Waals surface area contributed by atoms with Gasteiger partial charge in [-0.1, -0.05) is 37.3 Å². The third kappa shape index (κ3) is 3.70. The number of nitrogens with one attached hydrogen (secondary N) is 1. The fraction of sp³-hybridized carbons (Fsp3) is 0.350. The molecule has 0 spiro atoms. The van der Waals surface area contributed by atoms with Crippen molar-refractivity contribution < 1.29 is 4.79 Å². The summed E-state index contributed by atoms with van der Waals surface area (Å²) < 4.78 is 0. The van der Waals surface area contributed by atoms with Crippen LogP contribution in [0.5, 0.6) is 0 Å². The summed E-state index contributed by atoms with van der Waals surface area (Å²) in [6.07, 6.45) is 1.03. The third-order valence-corrected chi connectivity index (χ3v) is 4.55. The Hall–Kier alpha value is -2.49. The van der Waals surface area contributed by atoms with Gasteiger partial charge in [-0.05, 0) is 42.7 Å². The average Bonchev–Trinajstić information content (AvgIpc) is 2.62. The molecular formula is C20H25N3O. The predicted octanol–water partition coefficient (Wildman–Crippen LogP) is 3.91. The Bertz CT molecular complexity index is 706. The van der Waals surface area contributed by atoms with Crippen molar-refractivity contribution in [2.24, 2.45) is 0 Å². The Morgan fingerprint density at radius 1 is 1.04 bits per heavy atom. The van der Waals surface area contributed by atoms with Crippen molar-refractivity contribution in [2.45, 2.75) is 20.3 Å². The summed E-state index contributed by atoms with van der Waals surface area (Å²) in [5.74, 6) is 0. The molecule has 4 nitrogen and oxygen atoms in total. The van der Waals surface area contributed by atoms with Gasteiger partial charge in [-0.3, -0.25) is 0 Å². The first-order valence-corrected chi connectivity index (χ1v) is 8.63. The van der Waals surface area contributed by atoms with Gasteiger partial charge in [0.1, 0.15) is 0 Å². The van der Waals surface area contributed by atoms with Crippen LogP contribution < -0.4 is 10.2 Å². The number of rotatable bonds is 3. The van der Waals surface area contributed by atoms with Gasteiger partial charge in [0.05, 0.1) is 0 Å². The van der Waals surface area contributed by atoms with E-state index in [1.807, 2.05) is 36.1 Å². The van der Waals surface area contributed by atoms with E-state index < -0.39 is 0 Å². The number of nitrogens with zero attached hydrogens (tertiary/aromatic N) is 2. The van der Waals surface area contributed by atoms with Gasteiger partial charge in [0, 0.05) is 37.6 Å². The van der Waals surface area contributed by atoms with Crippen molar-refractivity contribution in [1.82, 2.24) is 4.90 Å². The number of amides is 2. The Morgan fingerprint density at radius 2 is 1.79 bits per heavy atom. The highest BCUT2D eigenvalue weighted by Gasteiger charge is 2.22. The zero-order valence-corrected chi connectivity index (χ0v) is 14.5. The van der Waals surface area contributed by atoms with E-state index in [9.17, 15) is 4.79 Å². The molecule has 0 bridgehead atoms. The maximum atomic E-state index is 12.4. The Labute approximate surface area is 144 Å². The van der Waals surface area contributed by atoms with Crippen LogP contribution in [0.3, 0.4) is 0 Å². The van der Waals surface area contributed by atoms with Crippen LogP contribution in [0.1, 0.15) is 18.1 Å². The minimum absolute atomic E-state index is 0.0102. The van der Waals surface area contributed by atoms with Crippen LogP contribution in [0.25, 0.3) is 0 Å². The number of carbonyl (C=O) groups excluding carboxylic acids is 1. The van der Waals surface area contributed by atoms with Crippen molar-refractivity contribution in [3.63, 3.8) is 0 Å². The first-order valence-electron chi connectivity index (χ1n) is 8.63. The van der Waals surface area contributed by atoms with E-state index in [1.54, 1.807) is 0 Å². The SMILES string of the molecule is CCc1ccccc1N1CCN(C(=O)Nc2cccc(C)c2)CC1. The molecule has 2 aromatic rings. The quantitative estimate of drug-likeness (QED) is 0.929. The van der Waals surface area contributed by atoms with Crippen molar-refractivity contribution in [2.75, 3.05) is 36.4 Å². The van der Waals surface area contributed by atoms with E-state index in [0.29, 0.717) is 0 Å². The van der Waals surface area contributed by atoms with Crippen molar-refractivity contribution in [1.29, 1.82) is 0 Å². The summed E-state index contributed by atoms with van der Waals surface area (Å²) >= 11 is 0. The standard InChI is InChI=1S/C20H25N3O/c1-3-17-8-4-5-10-19(17)22-11-13-23(14-12-22)20(24)21-18-9-6-7-16(2)15-18/h4-10,15H,3,11-14H2,1-2H3,(H,21,24). The number of aryl methyl sites for hydroxylation is 2. The average molecular weight is 323 g/mol. The molecule has 1 aliphatic heterocycles. The molecule has 1 heterocycles. The van der Waals surface area contributed by atoms with Crippen molar-refractivity contribution in [3.8, 4) is 0 Å². The van der Waals surface area contributed by atoms with E-state index in [-0.39, 0.29) is 6.03 Å². The lowest BCUT2D eigenvalue weighted by atomic mass is 10.1. The van der Waals surface area contributed by atoms with Crippen LogP contribution in [-0.2, 0) is 6.42 Å². The van der Waals surface area contributed by atoms with Crippen molar-refractivity contribution >= 4 is 17.4 Å². The van der Waals surface area contributed by atoms with Crippen LogP contribution in [-0.4, -0.2) is 37.1 Å². The van der Waals surface area contributed by atoms with Crippen LogP contribution in [0.15, 0.2) is 48.5 Å². The molecule has 126 valence electrons. The van der Waals surface area contributed by atoms with Gasteiger partial charge < -0.3 is 15.1 Å². The third-order valence-electron chi connectivity index (χ3n) is 4.55. The number of hydrogen-bond donors (Lipinski definition) is 1. The number of hydrogen-bond acceptors (Lipinski definition) is 2. The Balaban J connectivity index is 1.59. The van der Waals surface area contributed by atoms with E-state index in [2.05, 4.69) is 41.4 Å². The lowest BCUT2D eigenvalue weighted by molar-refractivity contribution is 0.208. The minimum Gasteiger partial charge on any atom is -0.368 e. The number of piperazine rings is 1. The van der Waals surface area contributed by atoms with E-state index in [0.717, 1.165) is 43.9 Å². The molecule has 2 aromatic carbocycles. The van der Waals surface area contributed by atoms with Gasteiger partial charge >= 0.3 is 6.03 Å². The van der Waals surface area contributed by atoms with Crippen LogP contribution >= 0.6 is 0 Å². The van der Waals surface area contributed by atoms with Crippen LogP contribution in [0.4, 0.5) is 16.2 Å². The van der Waals surface area contributed by atoms with Gasteiger partial charge in [-0.25, -0.2) is 4.79 Å². The van der Waals surface area contributed by atoms with Gasteiger partial charge in [-0.15, -0.1) is 0 Å². The molecule has 0 atom stereocenters. The molecular weight excluding hydrogens is 298 g/mol. The van der Waals surface area contributed by atoms with Gasteiger partial charge in [0.2, 0.25) is 0 Å². The predicted molar refractivity (Wildman–Crippen MR) is 99.8 cm³/mol. The fourth-order valence-electron chi connectivity index (χ4n) is 3.19. The molecule has 0 saturated carbocycles. The second kappa shape index (κ2) is 7.39. The first kappa shape index (κ1) is 16.4. The highest BCUT2D eigenvalue weighted by atomic mass is 16.2. The normalized spacial score (nSPS) is 14.6. The number of benzene rings is 2. The summed E-state index contributed by atoms with van der Waals surface area (Å²) in [7, 11) is 0. The molecule has 0 radical (unpaired) electrons. The topological polar surface area (TPSA) is 35.6 Å². The maximum Gasteiger partial charge on any atom is 0.321 e. The summed E-state index contributed by atoms with van der Waals surface area (Å²) in [6, 6.07) is 16.4. The van der Waals surface area contributed by atoms with Crippen LogP contribution in [0.2, 0.25) is 0 Å². The summed E-state index contributed by atoms with van der Waals surface area (Å²) in [6.45, 7) is 7.45. The minimum atomic E-state index is -0.0102. The van der Waals surface area contributed by atoms with E-state index in [1.165, 1.54) is 11.3 Å². The summed E-state index contributed by atoms with van der Waals surface area (Å²) in [4.78, 5) is 16.7. The molecule has 2 amide bonds. The zero-order chi connectivity index (χ0) is 16.9. The van der Waals surface area contributed by atoms with E-state index >= 15 is 0 Å². The second-order valence-corrected chi connectivity index (χ2v) is 6.26. The largest absolute Gasteiger partial charge is 0.368 e. The number of para-hydroxylation sites is 1. The van der Waals surface area contributed by atoms with Gasteiger partial charge in [0.15, 0.2) is 0 Å². The molecule has 24 heavy (non-hydrogen) atoms. The molecule has 0 aliphatic carbocycles. The number of urea groups is 1. The molecule has 1 aliphatic rings. The lowest BCUT2D eigenvalue weighted by Gasteiger charge is -2.37. The van der Waals surface area contributed by atoms with Crippen molar-refractivity contribution in [3.05, 3.63) is 59.7 Å². The smallest absolute Gasteiger partial charge is 0.321 e. The maximum absolute atomic E-state index is 12.4. The lowest BCUT2D eigenvalue weighted by Crippen LogP contribution is -2.50. The number of anilines is 2. The molecule has 3 rings (SSSR count). The number of carbonyl (C=O) groups is 1. The molecule has 0 aromatic heterocycles. The fourth-order valence-corrected chi connectivity index (χ4v) is 3.19. The van der Waals surface area contributed by atoms with Gasteiger partial charge in [0.25, 0.3) is 0 Å². The molecule has 1 N–H and O–H groups in total. The molecule has 1 fully saturated rings. The van der Waals surface area contributed by atoms with E-state index in [4.69, 9.17) is 0 Å². The van der Waals surface area contributed by atoms with Crippen LogP contribution in [0, 0.1) is 6.92 Å². The molecule has 4 heteroatoms.